The van der Waals surface area contributed by atoms with Crippen molar-refractivity contribution in [1.29, 1.82) is 0 Å². The van der Waals surface area contributed by atoms with Crippen LogP contribution in [-0.4, -0.2) is 55.0 Å². The molecule has 1 aromatic rings. The highest BCUT2D eigenvalue weighted by molar-refractivity contribution is 7.91. The van der Waals surface area contributed by atoms with Crippen LogP contribution >= 0.6 is 11.3 Å². The Morgan fingerprint density at radius 2 is 2.05 bits per heavy atom. The van der Waals surface area contributed by atoms with E-state index in [4.69, 9.17) is 0 Å². The van der Waals surface area contributed by atoms with Gasteiger partial charge in [-0.25, -0.2) is 8.42 Å². The van der Waals surface area contributed by atoms with Gasteiger partial charge in [-0.1, -0.05) is 11.3 Å². The van der Waals surface area contributed by atoms with E-state index >= 15 is 0 Å². The van der Waals surface area contributed by atoms with Crippen molar-refractivity contribution >= 4 is 38.4 Å². The van der Waals surface area contributed by atoms with Crippen molar-refractivity contribution in [3.63, 3.8) is 0 Å². The lowest BCUT2D eigenvalue weighted by atomic mass is 10.6. The second-order valence-electron chi connectivity index (χ2n) is 3.62. The molecule has 0 spiro atoms. The first kappa shape index (κ1) is 16.5. The summed E-state index contributed by atoms with van der Waals surface area (Å²) < 4.78 is 29.3. The van der Waals surface area contributed by atoms with Crippen molar-refractivity contribution in [3.05, 3.63) is 0 Å². The highest BCUT2D eigenvalue weighted by Crippen LogP contribution is 2.22. The lowest BCUT2D eigenvalue weighted by molar-refractivity contribution is -0.143. The first-order valence-corrected chi connectivity index (χ1v) is 7.76. The second-order valence-corrected chi connectivity index (χ2v) is 6.82. The summed E-state index contributed by atoms with van der Waals surface area (Å²) in [5.74, 6) is -1.05. The summed E-state index contributed by atoms with van der Waals surface area (Å²) >= 11 is 0.701. The largest absolute Gasteiger partial charge is 0.465 e. The van der Waals surface area contributed by atoms with Gasteiger partial charge in [-0.3, -0.25) is 9.59 Å². The molecule has 20 heavy (non-hydrogen) atoms. The molecule has 1 heterocycles. The number of ether oxygens (including phenoxy) is 1. The summed E-state index contributed by atoms with van der Waals surface area (Å²) in [5, 5.41) is 9.42. The Labute approximate surface area is 120 Å². The van der Waals surface area contributed by atoms with E-state index in [1.807, 2.05) is 0 Å². The minimum atomic E-state index is -3.94. The summed E-state index contributed by atoms with van der Waals surface area (Å²) in [6, 6.07) is 0. The Hall–Kier alpha value is -1.59. The third kappa shape index (κ3) is 4.21. The molecule has 0 saturated carbocycles. The van der Waals surface area contributed by atoms with Gasteiger partial charge in [0.1, 0.15) is 6.54 Å². The molecule has 0 aliphatic carbocycles. The van der Waals surface area contributed by atoms with Gasteiger partial charge in [0.15, 0.2) is 0 Å². The van der Waals surface area contributed by atoms with Gasteiger partial charge in [0, 0.05) is 14.0 Å². The predicted octanol–water partition coefficient (Wildman–Crippen LogP) is -0.320. The fourth-order valence-corrected chi connectivity index (χ4v) is 3.37. The Morgan fingerprint density at radius 1 is 1.40 bits per heavy atom. The predicted molar refractivity (Wildman–Crippen MR) is 70.7 cm³/mol. The van der Waals surface area contributed by atoms with Crippen LogP contribution in [0.2, 0.25) is 0 Å². The molecule has 0 saturated heterocycles. The molecule has 0 aliphatic rings. The SMILES string of the molecule is CCOC(=O)CN(C)S(=O)(=O)c1nnc(NC(C)=O)s1. The van der Waals surface area contributed by atoms with Gasteiger partial charge in [-0.15, -0.1) is 10.2 Å². The van der Waals surface area contributed by atoms with Crippen LogP contribution in [0.5, 0.6) is 0 Å². The zero-order chi connectivity index (χ0) is 15.3. The van der Waals surface area contributed by atoms with Crippen molar-refractivity contribution in [2.24, 2.45) is 0 Å². The van der Waals surface area contributed by atoms with Crippen molar-refractivity contribution < 1.29 is 22.7 Å². The van der Waals surface area contributed by atoms with Crippen LogP contribution in [0.3, 0.4) is 0 Å². The number of amides is 1. The Morgan fingerprint density at radius 3 is 2.60 bits per heavy atom. The van der Waals surface area contributed by atoms with Gasteiger partial charge in [0.2, 0.25) is 15.4 Å². The van der Waals surface area contributed by atoms with Gasteiger partial charge in [0.25, 0.3) is 10.0 Å². The fraction of sp³-hybridized carbons (Fsp3) is 0.556. The van der Waals surface area contributed by atoms with E-state index in [9.17, 15) is 18.0 Å². The number of nitrogens with one attached hydrogen (secondary N) is 1. The number of carbonyl (C=O) groups excluding carboxylic acids is 2. The van der Waals surface area contributed by atoms with Gasteiger partial charge in [-0.05, 0) is 6.92 Å². The summed E-state index contributed by atoms with van der Waals surface area (Å²) in [7, 11) is -2.71. The zero-order valence-corrected chi connectivity index (χ0v) is 12.7. The maximum atomic E-state index is 12.1. The second kappa shape index (κ2) is 6.72. The molecule has 11 heteroatoms. The third-order valence-corrected chi connectivity index (χ3v) is 4.97. The Kier molecular flexibility index (Phi) is 5.53. The summed E-state index contributed by atoms with van der Waals surface area (Å²) in [6.07, 6.45) is 0. The van der Waals surface area contributed by atoms with Crippen LogP contribution in [0.25, 0.3) is 0 Å². The highest BCUT2D eigenvalue weighted by Gasteiger charge is 2.27. The number of anilines is 1. The molecule has 112 valence electrons. The van der Waals surface area contributed by atoms with Crippen LogP contribution in [0.1, 0.15) is 13.8 Å². The van der Waals surface area contributed by atoms with E-state index in [-0.39, 0.29) is 22.0 Å². The minimum Gasteiger partial charge on any atom is -0.465 e. The number of hydrogen-bond acceptors (Lipinski definition) is 8. The number of likely N-dealkylation sites (N-methyl/N-ethyl adjacent to an activating group) is 1. The van der Waals surface area contributed by atoms with Crippen molar-refractivity contribution in [2.75, 3.05) is 25.5 Å². The molecule has 0 aliphatic heterocycles. The lowest BCUT2D eigenvalue weighted by Gasteiger charge is -2.13. The number of carbonyl (C=O) groups is 2. The van der Waals surface area contributed by atoms with E-state index in [0.29, 0.717) is 11.3 Å². The van der Waals surface area contributed by atoms with E-state index in [0.717, 1.165) is 4.31 Å². The molecule has 1 aromatic heterocycles. The van der Waals surface area contributed by atoms with Crippen LogP contribution in [-0.2, 0) is 24.3 Å². The zero-order valence-electron chi connectivity index (χ0n) is 11.1. The molecule has 0 radical (unpaired) electrons. The molecule has 1 N–H and O–H groups in total. The number of nitrogens with zero attached hydrogens (tertiary/aromatic N) is 3. The molecule has 0 unspecified atom stereocenters. The average Bonchev–Trinajstić information content (AvgIpc) is 2.77. The van der Waals surface area contributed by atoms with E-state index in [1.54, 1.807) is 6.92 Å². The van der Waals surface area contributed by atoms with Crippen molar-refractivity contribution in [2.45, 2.75) is 18.2 Å². The van der Waals surface area contributed by atoms with Gasteiger partial charge < -0.3 is 10.1 Å². The van der Waals surface area contributed by atoms with Gasteiger partial charge >= 0.3 is 5.97 Å². The topological polar surface area (TPSA) is 119 Å². The van der Waals surface area contributed by atoms with Crippen LogP contribution in [0, 0.1) is 0 Å². The highest BCUT2D eigenvalue weighted by atomic mass is 32.2. The molecule has 0 atom stereocenters. The molecule has 0 bridgehead atoms. The third-order valence-electron chi connectivity index (χ3n) is 1.98. The molecular formula is C9H14N4O5S2. The molecule has 1 amide bonds. The van der Waals surface area contributed by atoms with E-state index in [1.165, 1.54) is 14.0 Å². The van der Waals surface area contributed by atoms with E-state index < -0.39 is 22.5 Å². The Bertz CT molecular complexity index is 597. The summed E-state index contributed by atoms with van der Waals surface area (Å²) in [6.45, 7) is 2.63. The molecule has 0 aromatic carbocycles. The number of esters is 1. The van der Waals surface area contributed by atoms with Crippen molar-refractivity contribution in [3.8, 4) is 0 Å². The quantitative estimate of drug-likeness (QED) is 0.563. The first-order valence-electron chi connectivity index (χ1n) is 5.50. The average molecular weight is 322 g/mol. The maximum absolute atomic E-state index is 12.1. The standard InChI is InChI=1S/C9H14N4O5S2/c1-4-18-7(15)5-13(3)20(16,17)9-12-11-8(19-9)10-6(2)14/h4-5H2,1-3H3,(H,10,11,14). The minimum absolute atomic E-state index is 0.0700. The van der Waals surface area contributed by atoms with Gasteiger partial charge in [0.05, 0.1) is 6.61 Å². The number of rotatable bonds is 6. The number of sulfonamides is 1. The summed E-state index contributed by atoms with van der Waals surface area (Å²) in [4.78, 5) is 22.1. The van der Waals surface area contributed by atoms with Crippen LogP contribution in [0.15, 0.2) is 4.34 Å². The fourth-order valence-electron chi connectivity index (χ4n) is 1.12. The molecule has 0 fully saturated rings. The van der Waals surface area contributed by atoms with Crippen molar-refractivity contribution in [1.82, 2.24) is 14.5 Å². The molecule has 1 rings (SSSR count). The molecule has 9 nitrogen and oxygen atoms in total. The maximum Gasteiger partial charge on any atom is 0.321 e. The number of aromatic nitrogens is 2. The van der Waals surface area contributed by atoms with Crippen LogP contribution in [0.4, 0.5) is 5.13 Å². The first-order chi connectivity index (χ1) is 9.27. The summed E-state index contributed by atoms with van der Waals surface area (Å²) in [5.41, 5.74) is 0. The number of hydrogen-bond donors (Lipinski definition) is 1. The van der Waals surface area contributed by atoms with E-state index in [2.05, 4.69) is 20.3 Å². The van der Waals surface area contributed by atoms with Gasteiger partial charge in [-0.2, -0.15) is 4.31 Å². The normalized spacial score (nSPS) is 11.4. The smallest absolute Gasteiger partial charge is 0.321 e. The monoisotopic (exact) mass is 322 g/mol. The Balaban J connectivity index is 2.84. The lowest BCUT2D eigenvalue weighted by Crippen LogP contribution is -2.33. The van der Waals surface area contributed by atoms with Crippen LogP contribution < -0.4 is 5.32 Å². The molecular weight excluding hydrogens is 308 g/mol.